The minimum absolute atomic E-state index is 0.0805. The van der Waals surface area contributed by atoms with Crippen LogP contribution in [0.25, 0.3) is 0 Å². The third-order valence-electron chi connectivity index (χ3n) is 5.93. The zero-order chi connectivity index (χ0) is 29.3. The maximum Gasteiger partial charge on any atom is 0.187 e. The Balaban J connectivity index is 1.37. The molecule has 0 heterocycles. The fraction of sp³-hybridized carbons (Fsp3) is 0.0294. The fourth-order valence-electron chi connectivity index (χ4n) is 3.87. The molecule has 210 valence electrons. The number of nitrogens with two attached hydrogens (primary N) is 1. The van der Waals surface area contributed by atoms with Crippen LogP contribution in [-0.2, 0) is 0 Å². The largest absolute Gasteiger partial charge is 0.457 e. The van der Waals surface area contributed by atoms with Crippen molar-refractivity contribution >= 4 is 54.7 Å². The number of para-hydroxylation sites is 2. The Hall–Kier alpha value is -4.11. The molecule has 0 amide bonds. The van der Waals surface area contributed by atoms with Crippen molar-refractivity contribution in [1.29, 1.82) is 0 Å². The number of halogens is 1. The number of hydrogen-bond acceptors (Lipinski definition) is 7. The molecule has 5 aromatic carbocycles. The molecular formula is C34H27BrN2O3S2. The van der Waals surface area contributed by atoms with Gasteiger partial charge in [0.25, 0.3) is 0 Å². The van der Waals surface area contributed by atoms with Crippen LogP contribution in [0.3, 0.4) is 0 Å². The van der Waals surface area contributed by atoms with Gasteiger partial charge in [-0.25, -0.2) is 0 Å². The summed E-state index contributed by atoms with van der Waals surface area (Å²) < 4.78 is 13.0. The van der Waals surface area contributed by atoms with Crippen molar-refractivity contribution in [2.75, 3.05) is 11.1 Å². The first-order valence-corrected chi connectivity index (χ1v) is 16.0. The third kappa shape index (κ3) is 8.22. The van der Waals surface area contributed by atoms with Gasteiger partial charge in [0.05, 0.1) is 5.69 Å². The van der Waals surface area contributed by atoms with E-state index >= 15 is 0 Å². The lowest BCUT2D eigenvalue weighted by atomic mass is 10.1. The van der Waals surface area contributed by atoms with Crippen LogP contribution in [0, 0.1) is 0 Å². The highest BCUT2D eigenvalue weighted by molar-refractivity contribution is 9.10. The standard InChI is InChI=1S/C34H27BrN2O3S2/c1-23(20-32(38)24-12-14-25(35)15-13-24)37-31-19-17-29(40-27-10-6-3-7-11-27)22-34(31)42-41-33-21-28(16-18-30(33)36)39-26-8-4-2-5-9-26/h2-22,37H,36H2,1H3/b23-20+. The molecule has 8 heteroatoms. The number of nitrogen functional groups attached to an aromatic ring is 1. The average Bonchev–Trinajstić information content (AvgIpc) is 3.00. The number of ketones is 1. The van der Waals surface area contributed by atoms with Gasteiger partial charge in [0.2, 0.25) is 0 Å². The van der Waals surface area contributed by atoms with Gasteiger partial charge in [0, 0.05) is 37.3 Å². The number of allylic oxidation sites excluding steroid dienone is 2. The summed E-state index contributed by atoms with van der Waals surface area (Å²) in [7, 11) is 3.05. The van der Waals surface area contributed by atoms with Crippen molar-refractivity contribution in [2.45, 2.75) is 16.7 Å². The minimum Gasteiger partial charge on any atom is -0.457 e. The van der Waals surface area contributed by atoms with Crippen molar-refractivity contribution in [3.8, 4) is 23.0 Å². The number of carbonyl (C=O) groups is 1. The third-order valence-corrected chi connectivity index (χ3v) is 8.92. The Morgan fingerprint density at radius 2 is 1.26 bits per heavy atom. The molecule has 0 spiro atoms. The van der Waals surface area contributed by atoms with E-state index in [4.69, 9.17) is 15.2 Å². The number of carbonyl (C=O) groups excluding carboxylic acids is 1. The topological polar surface area (TPSA) is 73.6 Å². The van der Waals surface area contributed by atoms with E-state index in [1.807, 2.05) is 116 Å². The molecular weight excluding hydrogens is 628 g/mol. The predicted molar refractivity (Wildman–Crippen MR) is 178 cm³/mol. The van der Waals surface area contributed by atoms with E-state index in [2.05, 4.69) is 21.2 Å². The number of ether oxygens (including phenoxy) is 2. The smallest absolute Gasteiger partial charge is 0.187 e. The van der Waals surface area contributed by atoms with Crippen molar-refractivity contribution in [3.63, 3.8) is 0 Å². The summed E-state index contributed by atoms with van der Waals surface area (Å²) in [6, 6.07) is 38.0. The van der Waals surface area contributed by atoms with Crippen LogP contribution in [0.5, 0.6) is 23.0 Å². The van der Waals surface area contributed by atoms with Crippen molar-refractivity contribution in [3.05, 3.63) is 143 Å². The first-order valence-electron chi connectivity index (χ1n) is 13.0. The Morgan fingerprint density at radius 1 is 0.714 bits per heavy atom. The molecule has 5 aromatic rings. The molecule has 0 atom stereocenters. The van der Waals surface area contributed by atoms with Crippen LogP contribution in [0.4, 0.5) is 11.4 Å². The Morgan fingerprint density at radius 3 is 1.88 bits per heavy atom. The van der Waals surface area contributed by atoms with Gasteiger partial charge in [-0.2, -0.15) is 0 Å². The molecule has 42 heavy (non-hydrogen) atoms. The second-order valence-electron chi connectivity index (χ2n) is 9.18. The summed E-state index contributed by atoms with van der Waals surface area (Å²) in [5.74, 6) is 2.80. The van der Waals surface area contributed by atoms with Gasteiger partial charge in [-0.15, -0.1) is 0 Å². The zero-order valence-corrected chi connectivity index (χ0v) is 25.8. The van der Waals surface area contributed by atoms with Gasteiger partial charge in [-0.1, -0.05) is 73.9 Å². The number of benzene rings is 5. The van der Waals surface area contributed by atoms with Crippen molar-refractivity contribution in [1.82, 2.24) is 0 Å². The molecule has 0 aliphatic heterocycles. The van der Waals surface area contributed by atoms with E-state index in [1.54, 1.807) is 18.2 Å². The van der Waals surface area contributed by atoms with Crippen LogP contribution >= 0.6 is 37.5 Å². The number of hydrogen-bond donors (Lipinski definition) is 2. The molecule has 0 aromatic heterocycles. The van der Waals surface area contributed by atoms with E-state index in [0.717, 1.165) is 31.5 Å². The van der Waals surface area contributed by atoms with Gasteiger partial charge in [0.15, 0.2) is 5.78 Å². The quantitative estimate of drug-likeness (QED) is 0.0635. The lowest BCUT2D eigenvalue weighted by Crippen LogP contribution is -2.02. The van der Waals surface area contributed by atoms with E-state index in [9.17, 15) is 4.79 Å². The average molecular weight is 656 g/mol. The van der Waals surface area contributed by atoms with Crippen LogP contribution in [-0.4, -0.2) is 5.78 Å². The van der Waals surface area contributed by atoms with Crippen molar-refractivity contribution < 1.29 is 14.3 Å². The molecule has 3 N–H and O–H groups in total. The SMILES string of the molecule is C/C(=C\C(=O)c1ccc(Br)cc1)Nc1ccc(Oc2ccccc2)cc1SSc1cc(Oc2ccccc2)ccc1N. The Bertz CT molecular complexity index is 1700. The molecule has 0 radical (unpaired) electrons. The Labute approximate surface area is 261 Å². The summed E-state index contributed by atoms with van der Waals surface area (Å²) in [6.07, 6.45) is 1.60. The highest BCUT2D eigenvalue weighted by Crippen LogP contribution is 2.46. The van der Waals surface area contributed by atoms with E-state index in [1.165, 1.54) is 21.6 Å². The maximum absolute atomic E-state index is 12.8. The van der Waals surface area contributed by atoms with Gasteiger partial charge in [-0.05, 0) is 91.9 Å². The van der Waals surface area contributed by atoms with Gasteiger partial charge >= 0.3 is 0 Å². The lowest BCUT2D eigenvalue weighted by molar-refractivity contribution is 0.104. The number of anilines is 2. The lowest BCUT2D eigenvalue weighted by Gasteiger charge is -2.15. The van der Waals surface area contributed by atoms with E-state index in [0.29, 0.717) is 28.4 Å². The summed E-state index contributed by atoms with van der Waals surface area (Å²) in [5.41, 5.74) is 9.15. The summed E-state index contributed by atoms with van der Waals surface area (Å²) in [5, 5.41) is 3.39. The highest BCUT2D eigenvalue weighted by atomic mass is 79.9. The second kappa shape index (κ2) is 14.2. The second-order valence-corrected chi connectivity index (χ2v) is 12.3. The normalized spacial score (nSPS) is 11.1. The molecule has 0 aliphatic rings. The molecule has 0 saturated carbocycles. The summed E-state index contributed by atoms with van der Waals surface area (Å²) in [6.45, 7) is 1.87. The summed E-state index contributed by atoms with van der Waals surface area (Å²) in [4.78, 5) is 14.6. The molecule has 0 unspecified atom stereocenters. The van der Waals surface area contributed by atoms with Gasteiger partial charge in [-0.3, -0.25) is 4.79 Å². The number of nitrogens with one attached hydrogen (secondary N) is 1. The first-order chi connectivity index (χ1) is 20.4. The predicted octanol–water partition coefficient (Wildman–Crippen LogP) is 10.6. The first kappa shape index (κ1) is 29.4. The van der Waals surface area contributed by atoms with Crippen molar-refractivity contribution in [2.24, 2.45) is 0 Å². The van der Waals surface area contributed by atoms with E-state index < -0.39 is 0 Å². The van der Waals surface area contributed by atoms with E-state index in [-0.39, 0.29) is 5.78 Å². The highest BCUT2D eigenvalue weighted by Gasteiger charge is 2.12. The molecule has 0 saturated heterocycles. The zero-order valence-electron chi connectivity index (χ0n) is 22.6. The van der Waals surface area contributed by atoms with Crippen LogP contribution in [0.15, 0.2) is 147 Å². The molecule has 0 fully saturated rings. The summed E-state index contributed by atoms with van der Waals surface area (Å²) >= 11 is 3.41. The number of rotatable bonds is 11. The molecule has 5 nitrogen and oxygen atoms in total. The van der Waals surface area contributed by atoms with Crippen LogP contribution in [0.2, 0.25) is 0 Å². The van der Waals surface area contributed by atoms with Crippen LogP contribution in [0.1, 0.15) is 17.3 Å². The van der Waals surface area contributed by atoms with Gasteiger partial charge < -0.3 is 20.5 Å². The minimum atomic E-state index is -0.0805. The molecule has 5 rings (SSSR count). The molecule has 0 bridgehead atoms. The molecule has 0 aliphatic carbocycles. The van der Waals surface area contributed by atoms with Crippen LogP contribution < -0.4 is 20.5 Å². The maximum atomic E-state index is 12.8. The van der Waals surface area contributed by atoms with Gasteiger partial charge in [0.1, 0.15) is 23.0 Å². The monoisotopic (exact) mass is 654 g/mol. The fourth-order valence-corrected chi connectivity index (χ4v) is 6.40. The Kier molecular flexibility index (Phi) is 9.92.